The number of hydrogen-bond acceptors (Lipinski definition) is 4. The highest BCUT2D eigenvalue weighted by Gasteiger charge is 2.30. The summed E-state index contributed by atoms with van der Waals surface area (Å²) in [4.78, 5) is 30.2. The predicted molar refractivity (Wildman–Crippen MR) is 77.3 cm³/mol. The Kier molecular flexibility index (Phi) is 4.93. The van der Waals surface area contributed by atoms with E-state index in [0.717, 1.165) is 12.2 Å². The van der Waals surface area contributed by atoms with Crippen molar-refractivity contribution >= 4 is 11.8 Å². The van der Waals surface area contributed by atoms with Crippen LogP contribution in [0, 0.1) is 0 Å². The normalized spacial score (nSPS) is 19.8. The molecule has 0 spiro atoms. The zero-order valence-electron chi connectivity index (χ0n) is 12.9. The number of nitrogens with zero attached hydrogens (tertiary/aromatic N) is 4. The third-order valence-corrected chi connectivity index (χ3v) is 3.60. The molecule has 0 aliphatic carbocycles. The van der Waals surface area contributed by atoms with Crippen molar-refractivity contribution in [1.29, 1.82) is 0 Å². The molecule has 1 aromatic heterocycles. The van der Waals surface area contributed by atoms with E-state index in [1.54, 1.807) is 4.90 Å². The van der Waals surface area contributed by atoms with Gasteiger partial charge in [0, 0.05) is 19.0 Å². The van der Waals surface area contributed by atoms with Crippen molar-refractivity contribution in [1.82, 2.24) is 25.0 Å². The highest BCUT2D eigenvalue weighted by molar-refractivity contribution is 5.89. The molecule has 2 rings (SSSR count). The lowest BCUT2D eigenvalue weighted by Crippen LogP contribution is -2.44. The summed E-state index contributed by atoms with van der Waals surface area (Å²) in [6.07, 6.45) is 3.36. The van der Waals surface area contributed by atoms with Crippen LogP contribution in [0.2, 0.25) is 0 Å². The van der Waals surface area contributed by atoms with E-state index in [9.17, 15) is 9.59 Å². The van der Waals surface area contributed by atoms with E-state index in [1.165, 1.54) is 6.33 Å². The molecule has 1 aliphatic rings. The molecule has 0 saturated carbocycles. The van der Waals surface area contributed by atoms with Gasteiger partial charge >= 0.3 is 0 Å². The Balaban J connectivity index is 2.15. The fourth-order valence-corrected chi connectivity index (χ4v) is 2.53. The lowest BCUT2D eigenvalue weighted by molar-refractivity contribution is -0.134. The van der Waals surface area contributed by atoms with Crippen molar-refractivity contribution in [2.45, 2.75) is 58.7 Å². The van der Waals surface area contributed by atoms with Gasteiger partial charge in [-0.15, -0.1) is 0 Å². The van der Waals surface area contributed by atoms with E-state index in [1.807, 2.05) is 25.5 Å². The quantitative estimate of drug-likeness (QED) is 0.874. The van der Waals surface area contributed by atoms with Crippen molar-refractivity contribution < 1.29 is 9.59 Å². The summed E-state index contributed by atoms with van der Waals surface area (Å²) in [6.45, 7) is 6.87. The number of carbonyl (C=O) groups excluding carboxylic acids is 2. The molecular formula is C14H23N5O2. The van der Waals surface area contributed by atoms with E-state index < -0.39 is 6.04 Å². The first-order chi connectivity index (χ1) is 10.0. The van der Waals surface area contributed by atoms with Gasteiger partial charge in [0.05, 0.1) is 6.54 Å². The maximum absolute atomic E-state index is 12.5. The summed E-state index contributed by atoms with van der Waals surface area (Å²) in [5, 5.41) is 6.99. The summed E-state index contributed by atoms with van der Waals surface area (Å²) >= 11 is 0. The second-order valence-electron chi connectivity index (χ2n) is 5.63. The number of aromatic nitrogens is 3. The average Bonchev–Trinajstić information content (AvgIpc) is 2.85. The number of amides is 2. The van der Waals surface area contributed by atoms with Crippen LogP contribution < -0.4 is 5.32 Å². The molecular weight excluding hydrogens is 270 g/mol. The Labute approximate surface area is 124 Å². The van der Waals surface area contributed by atoms with Crippen molar-refractivity contribution in [2.24, 2.45) is 0 Å². The molecule has 7 nitrogen and oxygen atoms in total. The molecule has 0 bridgehead atoms. The standard InChI is InChI=1S/C14H23N5O2/c1-4-5-11-14(21)18(7-6-13(20)17-11)8-12-15-9-16-19(12)10(2)3/h9-11H,4-8H2,1-3H3,(H,17,20). The zero-order chi connectivity index (χ0) is 15.4. The molecule has 7 heteroatoms. The first-order valence-corrected chi connectivity index (χ1v) is 7.49. The van der Waals surface area contributed by atoms with E-state index in [2.05, 4.69) is 15.4 Å². The molecule has 2 heterocycles. The van der Waals surface area contributed by atoms with Crippen LogP contribution >= 0.6 is 0 Å². The average molecular weight is 293 g/mol. The number of hydrogen-bond donors (Lipinski definition) is 1. The molecule has 1 aromatic rings. The Bertz CT molecular complexity index is 511. The van der Waals surface area contributed by atoms with Gasteiger partial charge in [0.2, 0.25) is 11.8 Å². The van der Waals surface area contributed by atoms with Crippen LogP contribution in [-0.2, 0) is 16.1 Å². The van der Waals surface area contributed by atoms with Crippen LogP contribution in [0.4, 0.5) is 0 Å². The molecule has 1 aliphatic heterocycles. The Morgan fingerprint density at radius 1 is 1.43 bits per heavy atom. The van der Waals surface area contributed by atoms with Gasteiger partial charge in [0.25, 0.3) is 0 Å². The van der Waals surface area contributed by atoms with Crippen molar-refractivity contribution in [2.75, 3.05) is 6.54 Å². The van der Waals surface area contributed by atoms with Crippen molar-refractivity contribution in [3.8, 4) is 0 Å². The Hall–Kier alpha value is -1.92. The second kappa shape index (κ2) is 6.69. The third kappa shape index (κ3) is 3.59. The topological polar surface area (TPSA) is 80.1 Å². The Morgan fingerprint density at radius 3 is 2.86 bits per heavy atom. The molecule has 1 N–H and O–H groups in total. The van der Waals surface area contributed by atoms with Gasteiger partial charge < -0.3 is 10.2 Å². The predicted octanol–water partition coefficient (Wildman–Crippen LogP) is 0.876. The lowest BCUT2D eigenvalue weighted by atomic mass is 10.1. The van der Waals surface area contributed by atoms with Gasteiger partial charge in [-0.05, 0) is 20.3 Å². The summed E-state index contributed by atoms with van der Waals surface area (Å²) in [5.41, 5.74) is 0. The number of rotatable bonds is 5. The molecule has 0 radical (unpaired) electrons. The molecule has 1 saturated heterocycles. The smallest absolute Gasteiger partial charge is 0.245 e. The highest BCUT2D eigenvalue weighted by atomic mass is 16.2. The van der Waals surface area contributed by atoms with Gasteiger partial charge in [0.1, 0.15) is 18.2 Å². The maximum atomic E-state index is 12.5. The minimum absolute atomic E-state index is 0.0268. The molecule has 0 aromatic carbocycles. The molecule has 21 heavy (non-hydrogen) atoms. The largest absolute Gasteiger partial charge is 0.344 e. The minimum atomic E-state index is -0.416. The van der Waals surface area contributed by atoms with Crippen LogP contribution in [0.15, 0.2) is 6.33 Å². The summed E-state index contributed by atoms with van der Waals surface area (Å²) < 4.78 is 1.81. The van der Waals surface area contributed by atoms with Gasteiger partial charge in [-0.2, -0.15) is 5.10 Å². The van der Waals surface area contributed by atoms with Crippen LogP contribution in [0.25, 0.3) is 0 Å². The van der Waals surface area contributed by atoms with E-state index in [-0.39, 0.29) is 17.9 Å². The fraction of sp³-hybridized carbons (Fsp3) is 0.714. The third-order valence-electron chi connectivity index (χ3n) is 3.60. The zero-order valence-corrected chi connectivity index (χ0v) is 12.9. The van der Waals surface area contributed by atoms with Crippen LogP contribution in [0.1, 0.15) is 51.9 Å². The lowest BCUT2D eigenvalue weighted by Gasteiger charge is -2.24. The molecule has 116 valence electrons. The minimum Gasteiger partial charge on any atom is -0.344 e. The first kappa shape index (κ1) is 15.5. The molecule has 1 atom stereocenters. The molecule has 1 unspecified atom stereocenters. The SMILES string of the molecule is CCCC1NC(=O)CCN(Cc2ncnn2C(C)C)C1=O. The monoisotopic (exact) mass is 293 g/mol. The van der Waals surface area contributed by atoms with Gasteiger partial charge in [-0.25, -0.2) is 9.67 Å². The number of nitrogens with one attached hydrogen (secondary N) is 1. The summed E-state index contributed by atoms with van der Waals surface area (Å²) in [7, 11) is 0. The molecule has 2 amide bonds. The van der Waals surface area contributed by atoms with Crippen LogP contribution in [0.5, 0.6) is 0 Å². The highest BCUT2D eigenvalue weighted by Crippen LogP contribution is 2.13. The van der Waals surface area contributed by atoms with Crippen molar-refractivity contribution in [3.63, 3.8) is 0 Å². The Morgan fingerprint density at radius 2 is 2.19 bits per heavy atom. The first-order valence-electron chi connectivity index (χ1n) is 7.49. The van der Waals surface area contributed by atoms with Gasteiger partial charge in [-0.3, -0.25) is 9.59 Å². The number of carbonyl (C=O) groups is 2. The maximum Gasteiger partial charge on any atom is 0.245 e. The van der Waals surface area contributed by atoms with E-state index >= 15 is 0 Å². The van der Waals surface area contributed by atoms with Crippen LogP contribution in [0.3, 0.4) is 0 Å². The van der Waals surface area contributed by atoms with E-state index in [4.69, 9.17) is 0 Å². The van der Waals surface area contributed by atoms with Gasteiger partial charge in [0.15, 0.2) is 0 Å². The van der Waals surface area contributed by atoms with E-state index in [0.29, 0.717) is 25.9 Å². The van der Waals surface area contributed by atoms with Gasteiger partial charge in [-0.1, -0.05) is 13.3 Å². The summed E-state index contributed by atoms with van der Waals surface area (Å²) in [6, 6.07) is -0.226. The summed E-state index contributed by atoms with van der Waals surface area (Å²) in [5.74, 6) is 0.665. The second-order valence-corrected chi connectivity index (χ2v) is 5.63. The van der Waals surface area contributed by atoms with Crippen LogP contribution in [-0.4, -0.2) is 44.1 Å². The fourth-order valence-electron chi connectivity index (χ4n) is 2.53. The molecule has 1 fully saturated rings. The van der Waals surface area contributed by atoms with Crippen molar-refractivity contribution in [3.05, 3.63) is 12.2 Å².